The van der Waals surface area contributed by atoms with Crippen molar-refractivity contribution in [2.45, 2.75) is 37.8 Å². The number of aromatic nitrogens is 2. The van der Waals surface area contributed by atoms with Crippen LogP contribution in [0.1, 0.15) is 31.9 Å². The summed E-state index contributed by atoms with van der Waals surface area (Å²) in [5.41, 5.74) is 0.814. The third-order valence-corrected chi connectivity index (χ3v) is 4.03. The molecule has 118 valence electrons. The van der Waals surface area contributed by atoms with Crippen LogP contribution in [0.15, 0.2) is 46.3 Å². The fraction of sp³-hybridized carbons (Fsp3) is 0.412. The molecular weight excluding hydrogens is 296 g/mol. The fourth-order valence-corrected chi connectivity index (χ4v) is 2.91. The van der Waals surface area contributed by atoms with E-state index in [1.165, 1.54) is 0 Å². The number of hydrogen-bond acceptors (Lipinski definition) is 4. The topological polar surface area (TPSA) is 55.0 Å². The first-order valence-corrected chi connectivity index (χ1v) is 8.67. The van der Waals surface area contributed by atoms with E-state index < -0.39 is 0 Å². The van der Waals surface area contributed by atoms with Crippen molar-refractivity contribution >= 4 is 11.8 Å². The van der Waals surface area contributed by atoms with Crippen molar-refractivity contribution in [1.82, 2.24) is 9.97 Å². The Hall–Kier alpha value is -1.75. The van der Waals surface area contributed by atoms with Crippen molar-refractivity contribution < 1.29 is 4.74 Å². The van der Waals surface area contributed by atoms with Crippen LogP contribution < -0.4 is 10.3 Å². The van der Waals surface area contributed by atoms with Gasteiger partial charge in [-0.1, -0.05) is 43.3 Å². The molecule has 1 aromatic carbocycles. The second kappa shape index (κ2) is 9.30. The predicted octanol–water partition coefficient (Wildman–Crippen LogP) is 3.67. The van der Waals surface area contributed by atoms with E-state index >= 15 is 0 Å². The first-order chi connectivity index (χ1) is 10.8. The molecule has 0 atom stereocenters. The zero-order chi connectivity index (χ0) is 15.6. The van der Waals surface area contributed by atoms with Gasteiger partial charge in [0.15, 0.2) is 5.16 Å². The van der Waals surface area contributed by atoms with Crippen molar-refractivity contribution in [2.24, 2.45) is 0 Å². The summed E-state index contributed by atoms with van der Waals surface area (Å²) < 4.78 is 5.65. The maximum Gasteiger partial charge on any atom is 0.251 e. The Balaban J connectivity index is 1.67. The fourth-order valence-electron chi connectivity index (χ4n) is 2.02. The Morgan fingerprint density at radius 1 is 1.23 bits per heavy atom. The van der Waals surface area contributed by atoms with E-state index in [1.54, 1.807) is 17.8 Å². The Bertz CT molecular complexity index is 614. The highest BCUT2D eigenvalue weighted by molar-refractivity contribution is 7.99. The molecule has 0 radical (unpaired) electrons. The molecule has 0 saturated heterocycles. The number of H-pyrrole nitrogens is 1. The summed E-state index contributed by atoms with van der Waals surface area (Å²) in [6.45, 7) is 2.80. The smallest absolute Gasteiger partial charge is 0.251 e. The van der Waals surface area contributed by atoms with E-state index in [2.05, 4.69) is 16.9 Å². The Morgan fingerprint density at radius 2 is 2.05 bits per heavy atom. The summed E-state index contributed by atoms with van der Waals surface area (Å²) in [5, 5.41) is 0.722. The quantitative estimate of drug-likeness (QED) is 0.435. The van der Waals surface area contributed by atoms with Crippen LogP contribution in [0.4, 0.5) is 0 Å². The lowest BCUT2D eigenvalue weighted by atomic mass is 10.2. The lowest BCUT2D eigenvalue weighted by Gasteiger charge is -2.06. The van der Waals surface area contributed by atoms with Crippen LogP contribution in [0, 0.1) is 0 Å². The molecule has 0 amide bonds. The van der Waals surface area contributed by atoms with Gasteiger partial charge in [0.1, 0.15) is 5.75 Å². The first kappa shape index (κ1) is 16.6. The molecule has 0 spiro atoms. The number of ether oxygens (including phenoxy) is 1. The van der Waals surface area contributed by atoms with Gasteiger partial charge in [-0.05, 0) is 31.4 Å². The molecule has 0 aliphatic heterocycles. The number of aryl methyl sites for hydroxylation is 1. The van der Waals surface area contributed by atoms with Crippen molar-refractivity contribution in [3.63, 3.8) is 0 Å². The summed E-state index contributed by atoms with van der Waals surface area (Å²) in [6.07, 6.45) is 3.86. The van der Waals surface area contributed by atoms with Crippen molar-refractivity contribution in [3.05, 3.63) is 52.4 Å². The second-order valence-corrected chi connectivity index (χ2v) is 6.09. The maximum atomic E-state index is 11.5. The number of nitrogens with one attached hydrogen (secondary N) is 1. The molecule has 0 saturated carbocycles. The van der Waals surface area contributed by atoms with Crippen LogP contribution >= 0.6 is 11.8 Å². The number of nitrogens with zero attached hydrogens (tertiary/aromatic N) is 1. The van der Waals surface area contributed by atoms with Gasteiger partial charge in [0.05, 0.1) is 6.61 Å². The summed E-state index contributed by atoms with van der Waals surface area (Å²) in [7, 11) is 0. The monoisotopic (exact) mass is 318 g/mol. The number of unbranched alkanes of at least 4 members (excludes halogenated alkanes) is 1. The van der Waals surface area contributed by atoms with Gasteiger partial charge >= 0.3 is 0 Å². The maximum absolute atomic E-state index is 11.5. The molecule has 0 unspecified atom stereocenters. The van der Waals surface area contributed by atoms with Crippen LogP contribution in [-0.2, 0) is 6.42 Å². The van der Waals surface area contributed by atoms with E-state index in [0.29, 0.717) is 6.61 Å². The number of hydrogen-bond donors (Lipinski definition) is 1. The average Bonchev–Trinajstić information content (AvgIpc) is 2.51. The zero-order valence-corrected chi connectivity index (χ0v) is 13.7. The van der Waals surface area contributed by atoms with Gasteiger partial charge in [-0.25, -0.2) is 4.98 Å². The van der Waals surface area contributed by atoms with Crippen molar-refractivity contribution in [3.8, 4) is 5.75 Å². The molecule has 1 heterocycles. The van der Waals surface area contributed by atoms with Gasteiger partial charge in [0.2, 0.25) is 0 Å². The van der Waals surface area contributed by atoms with Crippen LogP contribution in [0.25, 0.3) is 0 Å². The van der Waals surface area contributed by atoms with Gasteiger partial charge in [0.25, 0.3) is 5.56 Å². The number of thioether (sulfide) groups is 1. The number of aromatic amines is 1. The van der Waals surface area contributed by atoms with Gasteiger partial charge in [-0.2, -0.15) is 0 Å². The standard InChI is InChI=1S/C17H22N2O2S/c1-2-8-14-13-16(20)19-17(18-14)22-12-7-6-11-21-15-9-4-3-5-10-15/h3-5,9-10,13H,2,6-8,11-12H2,1H3,(H,18,19,20). The van der Waals surface area contributed by atoms with Crippen molar-refractivity contribution in [2.75, 3.05) is 12.4 Å². The SMILES string of the molecule is CCCc1cc(=O)[nH]c(SCCCCOc2ccccc2)n1. The van der Waals surface area contributed by atoms with Crippen LogP contribution in [0.3, 0.4) is 0 Å². The molecule has 0 bridgehead atoms. The summed E-state index contributed by atoms with van der Waals surface area (Å²) in [5.74, 6) is 1.84. The molecule has 2 rings (SSSR count). The van der Waals surface area contributed by atoms with Crippen LogP contribution in [0.2, 0.25) is 0 Å². The van der Waals surface area contributed by atoms with E-state index in [1.807, 2.05) is 30.3 Å². The van der Waals surface area contributed by atoms with Gasteiger partial charge in [-0.3, -0.25) is 4.79 Å². The molecule has 5 heteroatoms. The second-order valence-electron chi connectivity index (χ2n) is 5.01. The van der Waals surface area contributed by atoms with Crippen LogP contribution in [-0.4, -0.2) is 22.3 Å². The summed E-state index contributed by atoms with van der Waals surface area (Å²) in [4.78, 5) is 18.8. The molecule has 1 N–H and O–H groups in total. The van der Waals surface area contributed by atoms with E-state index in [0.717, 1.165) is 48.0 Å². The Kier molecular flexibility index (Phi) is 7.03. The molecule has 0 aliphatic carbocycles. The van der Waals surface area contributed by atoms with Crippen LogP contribution in [0.5, 0.6) is 5.75 Å². The Morgan fingerprint density at radius 3 is 2.82 bits per heavy atom. The average molecular weight is 318 g/mol. The molecule has 0 aliphatic rings. The predicted molar refractivity (Wildman–Crippen MR) is 90.7 cm³/mol. The largest absolute Gasteiger partial charge is 0.494 e. The van der Waals surface area contributed by atoms with E-state index in [4.69, 9.17) is 4.74 Å². The number of rotatable bonds is 9. The number of benzene rings is 1. The minimum absolute atomic E-state index is 0.0617. The molecule has 4 nitrogen and oxygen atoms in total. The Labute approximate surface area is 135 Å². The lowest BCUT2D eigenvalue weighted by molar-refractivity contribution is 0.310. The summed E-state index contributed by atoms with van der Waals surface area (Å²) in [6, 6.07) is 11.4. The lowest BCUT2D eigenvalue weighted by Crippen LogP contribution is -2.10. The molecule has 2 aromatic rings. The highest BCUT2D eigenvalue weighted by atomic mass is 32.2. The minimum atomic E-state index is -0.0617. The molecule has 0 fully saturated rings. The third kappa shape index (κ3) is 5.93. The van der Waals surface area contributed by atoms with E-state index in [-0.39, 0.29) is 5.56 Å². The van der Waals surface area contributed by atoms with Gasteiger partial charge in [-0.15, -0.1) is 0 Å². The third-order valence-electron chi connectivity index (χ3n) is 3.07. The minimum Gasteiger partial charge on any atom is -0.494 e. The van der Waals surface area contributed by atoms with E-state index in [9.17, 15) is 4.79 Å². The normalized spacial score (nSPS) is 10.6. The number of para-hydroxylation sites is 1. The first-order valence-electron chi connectivity index (χ1n) is 7.69. The van der Waals surface area contributed by atoms with Crippen molar-refractivity contribution in [1.29, 1.82) is 0 Å². The molecule has 1 aromatic heterocycles. The summed E-state index contributed by atoms with van der Waals surface area (Å²) >= 11 is 1.60. The zero-order valence-electron chi connectivity index (χ0n) is 12.9. The molecule has 22 heavy (non-hydrogen) atoms. The highest BCUT2D eigenvalue weighted by Gasteiger charge is 2.02. The highest BCUT2D eigenvalue weighted by Crippen LogP contribution is 2.15. The molecular formula is C17H22N2O2S. The van der Waals surface area contributed by atoms with Gasteiger partial charge in [0, 0.05) is 17.5 Å². The van der Waals surface area contributed by atoms with Gasteiger partial charge < -0.3 is 9.72 Å².